The van der Waals surface area contributed by atoms with Gasteiger partial charge in [-0.25, -0.2) is 13.1 Å². The summed E-state index contributed by atoms with van der Waals surface area (Å²) in [4.78, 5) is 11.7. The SMILES string of the molecule is CCCS(=O)(=O)NC(C)C(=O)N[C@H](CO)C(C)C. The third-order valence-electron chi connectivity index (χ3n) is 2.55. The maximum absolute atomic E-state index is 11.7. The fourth-order valence-corrected chi connectivity index (χ4v) is 2.68. The van der Waals surface area contributed by atoms with E-state index < -0.39 is 22.0 Å². The van der Waals surface area contributed by atoms with Crippen molar-refractivity contribution in [3.8, 4) is 0 Å². The Bertz CT molecular complexity index is 354. The first-order valence-electron chi connectivity index (χ1n) is 6.14. The molecule has 0 radical (unpaired) electrons. The van der Waals surface area contributed by atoms with E-state index >= 15 is 0 Å². The second-order valence-corrected chi connectivity index (χ2v) is 6.57. The Labute approximate surface area is 109 Å². The minimum atomic E-state index is -3.41. The van der Waals surface area contributed by atoms with Gasteiger partial charge in [-0.15, -0.1) is 0 Å². The molecule has 2 atom stereocenters. The van der Waals surface area contributed by atoms with Crippen LogP contribution in [0.3, 0.4) is 0 Å². The summed E-state index contributed by atoms with van der Waals surface area (Å²) in [6.07, 6.45) is 0.495. The van der Waals surface area contributed by atoms with Gasteiger partial charge >= 0.3 is 0 Å². The fraction of sp³-hybridized carbons (Fsp3) is 0.909. The molecule has 0 aromatic carbocycles. The van der Waals surface area contributed by atoms with Gasteiger partial charge in [0.25, 0.3) is 0 Å². The molecule has 1 amide bonds. The van der Waals surface area contributed by atoms with E-state index in [4.69, 9.17) is 5.11 Å². The van der Waals surface area contributed by atoms with Gasteiger partial charge in [0.05, 0.1) is 24.4 Å². The van der Waals surface area contributed by atoms with Crippen LogP contribution in [-0.2, 0) is 14.8 Å². The van der Waals surface area contributed by atoms with Gasteiger partial charge in [-0.1, -0.05) is 20.8 Å². The van der Waals surface area contributed by atoms with Crippen molar-refractivity contribution in [3.05, 3.63) is 0 Å². The summed E-state index contributed by atoms with van der Waals surface area (Å²) in [5.74, 6) is -0.348. The van der Waals surface area contributed by atoms with Crippen molar-refractivity contribution in [1.29, 1.82) is 0 Å². The normalized spacial score (nSPS) is 15.4. The number of hydrogen-bond donors (Lipinski definition) is 3. The maximum atomic E-state index is 11.7. The second kappa shape index (κ2) is 7.70. The summed E-state index contributed by atoms with van der Waals surface area (Å²) in [5, 5.41) is 11.7. The van der Waals surface area contributed by atoms with Crippen LogP contribution in [0.25, 0.3) is 0 Å². The fourth-order valence-electron chi connectivity index (χ4n) is 1.38. The molecule has 0 saturated heterocycles. The molecule has 0 aromatic heterocycles. The molecule has 3 N–H and O–H groups in total. The van der Waals surface area contributed by atoms with E-state index in [1.54, 1.807) is 6.92 Å². The minimum absolute atomic E-state index is 0.00176. The van der Waals surface area contributed by atoms with Crippen molar-refractivity contribution in [2.75, 3.05) is 12.4 Å². The van der Waals surface area contributed by atoms with Crippen molar-refractivity contribution in [2.45, 2.75) is 46.2 Å². The number of aliphatic hydroxyl groups is 1. The molecule has 7 heteroatoms. The van der Waals surface area contributed by atoms with Crippen LogP contribution < -0.4 is 10.0 Å². The van der Waals surface area contributed by atoms with Crippen molar-refractivity contribution in [2.24, 2.45) is 5.92 Å². The predicted octanol–water partition coefficient (Wildman–Crippen LogP) is -0.163. The van der Waals surface area contributed by atoms with Crippen molar-refractivity contribution < 1.29 is 18.3 Å². The molecule has 6 nitrogen and oxygen atoms in total. The molecule has 0 aliphatic rings. The van der Waals surface area contributed by atoms with E-state index in [9.17, 15) is 13.2 Å². The van der Waals surface area contributed by atoms with E-state index in [1.807, 2.05) is 13.8 Å². The molecule has 18 heavy (non-hydrogen) atoms. The molecule has 0 aromatic rings. The van der Waals surface area contributed by atoms with Gasteiger partial charge in [0, 0.05) is 0 Å². The smallest absolute Gasteiger partial charge is 0.238 e. The molecule has 0 rings (SSSR count). The molecule has 1 unspecified atom stereocenters. The van der Waals surface area contributed by atoms with Crippen LogP contribution in [-0.4, -0.2) is 43.9 Å². The monoisotopic (exact) mass is 280 g/mol. The molecular weight excluding hydrogens is 256 g/mol. The standard InChI is InChI=1S/C11H24N2O4S/c1-5-6-18(16,17)13-9(4)11(15)12-10(7-14)8(2)3/h8-10,13-14H,5-7H2,1-4H3,(H,12,15)/t9?,10-/m1/s1. The predicted molar refractivity (Wildman–Crippen MR) is 70.5 cm³/mol. The van der Waals surface area contributed by atoms with E-state index in [-0.39, 0.29) is 24.3 Å². The highest BCUT2D eigenvalue weighted by Gasteiger charge is 2.22. The van der Waals surface area contributed by atoms with E-state index in [2.05, 4.69) is 10.0 Å². The molecule has 0 spiro atoms. The zero-order chi connectivity index (χ0) is 14.3. The average molecular weight is 280 g/mol. The second-order valence-electron chi connectivity index (χ2n) is 4.70. The Morgan fingerprint density at radius 2 is 1.83 bits per heavy atom. The number of carbonyl (C=O) groups is 1. The highest BCUT2D eigenvalue weighted by molar-refractivity contribution is 7.89. The Morgan fingerprint density at radius 3 is 2.22 bits per heavy atom. The number of aliphatic hydroxyl groups excluding tert-OH is 1. The van der Waals surface area contributed by atoms with Gasteiger partial charge in [0.1, 0.15) is 0 Å². The number of nitrogens with one attached hydrogen (secondary N) is 2. The van der Waals surface area contributed by atoms with Gasteiger partial charge in [0.2, 0.25) is 15.9 Å². The first-order valence-corrected chi connectivity index (χ1v) is 7.80. The number of amides is 1. The molecule has 0 aliphatic carbocycles. The summed E-state index contributed by atoms with van der Waals surface area (Å²) in [5.41, 5.74) is 0. The molecule has 0 heterocycles. The lowest BCUT2D eigenvalue weighted by molar-refractivity contribution is -0.123. The Hall–Kier alpha value is -0.660. The van der Waals surface area contributed by atoms with Crippen LogP contribution in [0.5, 0.6) is 0 Å². The number of sulfonamides is 1. The lowest BCUT2D eigenvalue weighted by Crippen LogP contribution is -2.50. The highest BCUT2D eigenvalue weighted by Crippen LogP contribution is 2.01. The zero-order valence-corrected chi connectivity index (χ0v) is 12.3. The van der Waals surface area contributed by atoms with E-state index in [1.165, 1.54) is 6.92 Å². The van der Waals surface area contributed by atoms with Gasteiger partial charge < -0.3 is 10.4 Å². The minimum Gasteiger partial charge on any atom is -0.394 e. The van der Waals surface area contributed by atoms with Gasteiger partial charge in [-0.2, -0.15) is 0 Å². The van der Waals surface area contributed by atoms with E-state index in [0.717, 1.165) is 0 Å². The molecule has 0 bridgehead atoms. The number of rotatable bonds is 8. The van der Waals surface area contributed by atoms with Gasteiger partial charge in [-0.05, 0) is 19.3 Å². The molecule has 108 valence electrons. The molecule has 0 fully saturated rings. The van der Waals surface area contributed by atoms with Crippen LogP contribution in [0.15, 0.2) is 0 Å². The summed E-state index contributed by atoms with van der Waals surface area (Å²) in [6.45, 7) is 6.81. The largest absolute Gasteiger partial charge is 0.394 e. The first kappa shape index (κ1) is 17.3. The Morgan fingerprint density at radius 1 is 1.28 bits per heavy atom. The molecule has 0 aliphatic heterocycles. The van der Waals surface area contributed by atoms with Gasteiger partial charge in [0.15, 0.2) is 0 Å². The van der Waals surface area contributed by atoms with Gasteiger partial charge in [-0.3, -0.25) is 4.79 Å². The maximum Gasteiger partial charge on any atom is 0.238 e. The van der Waals surface area contributed by atoms with Crippen LogP contribution in [0, 0.1) is 5.92 Å². The highest BCUT2D eigenvalue weighted by atomic mass is 32.2. The summed E-state index contributed by atoms with van der Waals surface area (Å²) in [7, 11) is -3.41. The number of carbonyl (C=O) groups excluding carboxylic acids is 1. The lowest BCUT2D eigenvalue weighted by atomic mass is 10.1. The molecular formula is C11H24N2O4S. The van der Waals surface area contributed by atoms with Crippen LogP contribution >= 0.6 is 0 Å². The van der Waals surface area contributed by atoms with Crippen LogP contribution in [0.2, 0.25) is 0 Å². The molecule has 0 saturated carbocycles. The third kappa shape index (κ3) is 6.32. The van der Waals surface area contributed by atoms with Crippen LogP contribution in [0.4, 0.5) is 0 Å². The van der Waals surface area contributed by atoms with Crippen LogP contribution in [0.1, 0.15) is 34.1 Å². The number of hydrogen-bond acceptors (Lipinski definition) is 4. The Balaban J connectivity index is 4.43. The van der Waals surface area contributed by atoms with Crippen molar-refractivity contribution >= 4 is 15.9 Å². The summed E-state index contributed by atoms with van der Waals surface area (Å²) < 4.78 is 25.3. The first-order chi connectivity index (χ1) is 8.23. The summed E-state index contributed by atoms with van der Waals surface area (Å²) in [6, 6.07) is -1.20. The van der Waals surface area contributed by atoms with E-state index in [0.29, 0.717) is 6.42 Å². The van der Waals surface area contributed by atoms with Crippen molar-refractivity contribution in [1.82, 2.24) is 10.0 Å². The lowest BCUT2D eigenvalue weighted by Gasteiger charge is -2.22. The zero-order valence-electron chi connectivity index (χ0n) is 11.4. The third-order valence-corrected chi connectivity index (χ3v) is 4.21. The topological polar surface area (TPSA) is 95.5 Å². The quantitative estimate of drug-likeness (QED) is 0.575. The summed E-state index contributed by atoms with van der Waals surface area (Å²) >= 11 is 0. The Kier molecular flexibility index (Phi) is 7.42. The average Bonchev–Trinajstić information content (AvgIpc) is 2.23. The van der Waals surface area contributed by atoms with Crippen molar-refractivity contribution in [3.63, 3.8) is 0 Å².